The van der Waals surface area contributed by atoms with Crippen LogP contribution < -0.4 is 0 Å². The predicted octanol–water partition coefficient (Wildman–Crippen LogP) is 0.830. The Morgan fingerprint density at radius 2 is 1.68 bits per heavy atom. The van der Waals surface area contributed by atoms with Crippen LogP contribution >= 0.6 is 0 Å². The average molecular weight is 394 g/mol. The summed E-state index contributed by atoms with van der Waals surface area (Å²) in [4.78, 5) is 39.1. The fourth-order valence-electron chi connectivity index (χ4n) is 2.70. The highest BCUT2D eigenvalue weighted by Crippen LogP contribution is 2.12. The molecule has 0 bridgehead atoms. The first-order valence-electron chi connectivity index (χ1n) is 8.72. The van der Waals surface area contributed by atoms with Gasteiger partial charge >= 0.3 is 17.9 Å². The number of hydrogen-bond donors (Lipinski definition) is 0. The van der Waals surface area contributed by atoms with Gasteiger partial charge in [0.2, 0.25) is 0 Å². The van der Waals surface area contributed by atoms with Crippen LogP contribution in [0.2, 0.25) is 0 Å². The molecule has 2 rings (SSSR count). The lowest BCUT2D eigenvalue weighted by atomic mass is 10.2. The summed E-state index contributed by atoms with van der Waals surface area (Å²) in [6, 6.07) is 5.16. The van der Waals surface area contributed by atoms with Gasteiger partial charge in [0.1, 0.15) is 18.1 Å². The van der Waals surface area contributed by atoms with E-state index in [2.05, 4.69) is 9.64 Å². The molecule has 28 heavy (non-hydrogen) atoms. The van der Waals surface area contributed by atoms with Crippen LogP contribution in [0.4, 0.5) is 4.39 Å². The number of carbonyl (C=O) groups excluding carboxylic acids is 3. The van der Waals surface area contributed by atoms with Crippen LogP contribution in [0.5, 0.6) is 0 Å². The van der Waals surface area contributed by atoms with Crippen LogP contribution in [0, 0.1) is 5.82 Å². The van der Waals surface area contributed by atoms with Gasteiger partial charge < -0.3 is 19.1 Å². The molecule has 0 aliphatic carbocycles. The summed E-state index contributed by atoms with van der Waals surface area (Å²) < 4.78 is 27.4. The van der Waals surface area contributed by atoms with Crippen LogP contribution in [0.1, 0.15) is 10.4 Å². The van der Waals surface area contributed by atoms with Crippen LogP contribution in [0.15, 0.2) is 36.0 Å². The molecule has 0 aromatic heterocycles. The zero-order valence-corrected chi connectivity index (χ0v) is 15.9. The van der Waals surface area contributed by atoms with E-state index in [1.165, 1.54) is 38.5 Å². The van der Waals surface area contributed by atoms with E-state index in [9.17, 15) is 18.8 Å². The molecule has 1 fully saturated rings. The van der Waals surface area contributed by atoms with Gasteiger partial charge in [-0.2, -0.15) is 0 Å². The quantitative estimate of drug-likeness (QED) is 0.382. The van der Waals surface area contributed by atoms with Crippen molar-refractivity contribution in [1.82, 2.24) is 9.80 Å². The fourth-order valence-corrected chi connectivity index (χ4v) is 2.70. The van der Waals surface area contributed by atoms with Crippen LogP contribution in [-0.4, -0.2) is 81.3 Å². The summed E-state index contributed by atoms with van der Waals surface area (Å²) >= 11 is 0. The lowest BCUT2D eigenvalue weighted by molar-refractivity contribution is -0.140. The van der Waals surface area contributed by atoms with Crippen molar-refractivity contribution in [3.63, 3.8) is 0 Å². The highest BCUT2D eigenvalue weighted by Gasteiger charge is 2.24. The summed E-state index contributed by atoms with van der Waals surface area (Å²) in [5.41, 5.74) is 0.443. The van der Waals surface area contributed by atoms with Gasteiger partial charge in [0.05, 0.1) is 25.9 Å². The van der Waals surface area contributed by atoms with E-state index in [4.69, 9.17) is 9.47 Å². The molecular formula is C19H23FN2O6. The molecule has 0 N–H and O–H groups in total. The molecule has 152 valence electrons. The highest BCUT2D eigenvalue weighted by atomic mass is 19.1. The van der Waals surface area contributed by atoms with Crippen molar-refractivity contribution >= 4 is 17.9 Å². The first kappa shape index (κ1) is 21.4. The number of halogens is 1. The van der Waals surface area contributed by atoms with Crippen LogP contribution in [0.25, 0.3) is 0 Å². The van der Waals surface area contributed by atoms with E-state index in [0.29, 0.717) is 38.3 Å². The standard InChI is InChI=1S/C19H23FN2O6/c1-26-17(23)13-16(19(25)27-2)22-9-7-21(8-10-22)11-12-28-18(24)14-3-5-15(20)6-4-14/h3-6,13H,7-12H2,1-2H3/b16-13+. The number of methoxy groups -OCH3 is 2. The van der Waals surface area contributed by atoms with Gasteiger partial charge in [-0.15, -0.1) is 0 Å². The molecule has 9 heteroatoms. The summed E-state index contributed by atoms with van der Waals surface area (Å²) in [7, 11) is 2.48. The molecule has 0 saturated carbocycles. The third-order valence-electron chi connectivity index (χ3n) is 4.28. The smallest absolute Gasteiger partial charge is 0.354 e. The molecule has 1 aromatic rings. The molecule has 1 aliphatic rings. The van der Waals surface area contributed by atoms with Crippen molar-refractivity contribution in [2.24, 2.45) is 0 Å². The summed E-state index contributed by atoms with van der Waals surface area (Å²) in [6.45, 7) is 2.95. The van der Waals surface area contributed by atoms with Crippen molar-refractivity contribution in [2.45, 2.75) is 0 Å². The maximum Gasteiger partial charge on any atom is 0.354 e. The number of benzene rings is 1. The summed E-state index contributed by atoms with van der Waals surface area (Å²) in [5.74, 6) is -2.16. The summed E-state index contributed by atoms with van der Waals surface area (Å²) in [6.07, 6.45) is 1.12. The van der Waals surface area contributed by atoms with Crippen molar-refractivity contribution in [2.75, 3.05) is 53.6 Å². The molecular weight excluding hydrogens is 371 g/mol. The molecule has 8 nitrogen and oxygen atoms in total. The normalized spacial score (nSPS) is 15.1. The van der Waals surface area contributed by atoms with Gasteiger partial charge in [-0.3, -0.25) is 4.90 Å². The number of piperazine rings is 1. The minimum Gasteiger partial charge on any atom is -0.466 e. The van der Waals surface area contributed by atoms with E-state index < -0.39 is 23.7 Å². The van der Waals surface area contributed by atoms with E-state index in [1.54, 1.807) is 4.90 Å². The number of ether oxygens (including phenoxy) is 3. The number of esters is 3. The van der Waals surface area contributed by atoms with Gasteiger partial charge in [0, 0.05) is 32.7 Å². The van der Waals surface area contributed by atoms with E-state index in [1.807, 2.05) is 0 Å². The third kappa shape index (κ3) is 6.05. The molecule has 1 aromatic carbocycles. The van der Waals surface area contributed by atoms with Gasteiger partial charge in [0.15, 0.2) is 0 Å². The van der Waals surface area contributed by atoms with Crippen molar-refractivity contribution in [1.29, 1.82) is 0 Å². The third-order valence-corrected chi connectivity index (χ3v) is 4.28. The number of carbonyl (C=O) groups is 3. The Hall–Kier alpha value is -2.94. The maximum absolute atomic E-state index is 12.9. The van der Waals surface area contributed by atoms with E-state index in [-0.39, 0.29) is 12.3 Å². The molecule has 1 saturated heterocycles. The van der Waals surface area contributed by atoms with E-state index in [0.717, 1.165) is 6.08 Å². The maximum atomic E-state index is 12.9. The largest absolute Gasteiger partial charge is 0.466 e. The second kappa shape index (κ2) is 10.4. The summed E-state index contributed by atoms with van der Waals surface area (Å²) in [5, 5.41) is 0. The van der Waals surface area contributed by atoms with Crippen molar-refractivity contribution < 1.29 is 33.0 Å². The fraction of sp³-hybridized carbons (Fsp3) is 0.421. The number of hydrogen-bond acceptors (Lipinski definition) is 8. The molecule has 1 aliphatic heterocycles. The lowest BCUT2D eigenvalue weighted by Gasteiger charge is -2.36. The Bertz CT molecular complexity index is 726. The van der Waals surface area contributed by atoms with Crippen molar-refractivity contribution in [3.05, 3.63) is 47.4 Å². The Labute approximate surface area is 162 Å². The van der Waals surface area contributed by atoms with E-state index >= 15 is 0 Å². The zero-order chi connectivity index (χ0) is 20.5. The first-order valence-corrected chi connectivity index (χ1v) is 8.72. The van der Waals surface area contributed by atoms with Gasteiger partial charge in [0.25, 0.3) is 0 Å². The zero-order valence-electron chi connectivity index (χ0n) is 15.9. The molecule has 1 heterocycles. The molecule has 0 unspecified atom stereocenters. The Morgan fingerprint density at radius 3 is 2.25 bits per heavy atom. The average Bonchev–Trinajstić information content (AvgIpc) is 2.72. The second-order valence-electron chi connectivity index (χ2n) is 6.02. The molecule has 0 atom stereocenters. The molecule has 0 amide bonds. The SMILES string of the molecule is COC(=O)/C=C(\C(=O)OC)N1CCN(CCOC(=O)c2ccc(F)cc2)CC1. The molecule has 0 radical (unpaired) electrons. The lowest BCUT2D eigenvalue weighted by Crippen LogP contribution is -2.48. The first-order chi connectivity index (χ1) is 13.4. The van der Waals surface area contributed by atoms with Crippen molar-refractivity contribution in [3.8, 4) is 0 Å². The number of rotatable bonds is 7. The van der Waals surface area contributed by atoms with Gasteiger partial charge in [-0.1, -0.05) is 0 Å². The monoisotopic (exact) mass is 394 g/mol. The van der Waals surface area contributed by atoms with Gasteiger partial charge in [-0.25, -0.2) is 18.8 Å². The Kier molecular flexibility index (Phi) is 7.94. The highest BCUT2D eigenvalue weighted by molar-refractivity contribution is 5.95. The number of nitrogens with zero attached hydrogens (tertiary/aromatic N) is 2. The minimum atomic E-state index is -0.629. The Morgan fingerprint density at radius 1 is 1.04 bits per heavy atom. The minimum absolute atomic E-state index is 0.150. The van der Waals surface area contributed by atoms with Crippen LogP contribution in [-0.2, 0) is 23.8 Å². The Balaban J connectivity index is 1.80. The second-order valence-corrected chi connectivity index (χ2v) is 6.02. The van der Waals surface area contributed by atoms with Gasteiger partial charge in [-0.05, 0) is 24.3 Å². The topological polar surface area (TPSA) is 85.4 Å². The predicted molar refractivity (Wildman–Crippen MR) is 96.8 cm³/mol. The van der Waals surface area contributed by atoms with Crippen LogP contribution in [0.3, 0.4) is 0 Å². The molecule has 0 spiro atoms.